The number of carbonyl (C=O) groups excluding carboxylic acids is 1. The Bertz CT molecular complexity index is 744. The Labute approximate surface area is 210 Å². The molecule has 2 N–H and O–H groups in total. The first kappa shape index (κ1) is 26.5. The van der Waals surface area contributed by atoms with Crippen LogP contribution < -0.4 is 15.5 Å². The number of benzene rings is 1. The van der Waals surface area contributed by atoms with Gasteiger partial charge >= 0.3 is 0 Å². The van der Waals surface area contributed by atoms with Crippen molar-refractivity contribution in [2.75, 3.05) is 37.6 Å². The minimum Gasteiger partial charge on any atom is -0.364 e. The summed E-state index contributed by atoms with van der Waals surface area (Å²) < 4.78 is 0. The first-order valence-corrected chi connectivity index (χ1v) is 12.0. The standard InChI is InChI=1S/C25H39N5O.HI/c1-4-21(5-2)24(31)30-17-13-22(14-18-30)28-25(26-6-3)27-19-20-9-11-23(12-10-20)29-15-7-8-16-29;/h7-12,21-22H,4-6,13-19H2,1-3H3,(H2,26,27,28);1H. The Kier molecular flexibility index (Phi) is 11.3. The predicted molar refractivity (Wildman–Crippen MR) is 145 cm³/mol. The average Bonchev–Trinajstić information content (AvgIpc) is 3.34. The molecule has 0 saturated carbocycles. The number of hydrogen-bond donors (Lipinski definition) is 2. The van der Waals surface area contributed by atoms with Crippen molar-refractivity contribution >= 4 is 41.5 Å². The van der Waals surface area contributed by atoms with Crippen molar-refractivity contribution in [3.05, 3.63) is 42.0 Å². The molecule has 178 valence electrons. The van der Waals surface area contributed by atoms with E-state index in [0.29, 0.717) is 18.5 Å². The lowest BCUT2D eigenvalue weighted by atomic mass is 9.98. The summed E-state index contributed by atoms with van der Waals surface area (Å²) in [5.41, 5.74) is 2.47. The van der Waals surface area contributed by atoms with Crippen LogP contribution in [-0.4, -0.2) is 55.5 Å². The second-order valence-electron chi connectivity index (χ2n) is 8.50. The largest absolute Gasteiger partial charge is 0.364 e. The van der Waals surface area contributed by atoms with Gasteiger partial charge in [0.15, 0.2) is 5.96 Å². The van der Waals surface area contributed by atoms with Crippen LogP contribution in [0.25, 0.3) is 0 Å². The molecule has 6 nitrogen and oxygen atoms in total. The number of halogens is 1. The number of rotatable bonds is 8. The zero-order valence-electron chi connectivity index (χ0n) is 19.8. The first-order chi connectivity index (χ1) is 15.1. The summed E-state index contributed by atoms with van der Waals surface area (Å²) in [5, 5.41) is 6.95. The molecule has 1 saturated heterocycles. The highest BCUT2D eigenvalue weighted by atomic mass is 127. The lowest BCUT2D eigenvalue weighted by Gasteiger charge is -2.34. The highest BCUT2D eigenvalue weighted by Crippen LogP contribution is 2.19. The minimum atomic E-state index is 0. The SMILES string of the molecule is CCNC(=NCc1ccc(N2CC=CC2)cc1)NC1CCN(C(=O)C(CC)CC)CC1.I. The van der Waals surface area contributed by atoms with Gasteiger partial charge in [-0.15, -0.1) is 24.0 Å². The number of hydrogen-bond acceptors (Lipinski definition) is 3. The topological polar surface area (TPSA) is 60.0 Å². The Morgan fingerprint density at radius 1 is 1.06 bits per heavy atom. The van der Waals surface area contributed by atoms with E-state index in [4.69, 9.17) is 4.99 Å². The molecule has 0 aromatic heterocycles. The van der Waals surface area contributed by atoms with E-state index in [1.807, 2.05) is 0 Å². The van der Waals surface area contributed by atoms with Gasteiger partial charge in [-0.05, 0) is 50.3 Å². The zero-order chi connectivity index (χ0) is 22.1. The Morgan fingerprint density at radius 3 is 2.25 bits per heavy atom. The van der Waals surface area contributed by atoms with Crippen LogP contribution in [0.15, 0.2) is 41.4 Å². The van der Waals surface area contributed by atoms with Gasteiger partial charge in [0.25, 0.3) is 0 Å². The lowest BCUT2D eigenvalue weighted by molar-refractivity contribution is -0.136. The molecule has 32 heavy (non-hydrogen) atoms. The molecule has 2 aliphatic heterocycles. The van der Waals surface area contributed by atoms with E-state index in [2.05, 4.69) is 77.6 Å². The summed E-state index contributed by atoms with van der Waals surface area (Å²) >= 11 is 0. The molecule has 0 unspecified atom stereocenters. The van der Waals surface area contributed by atoms with Crippen LogP contribution in [0.1, 0.15) is 52.0 Å². The second kappa shape index (κ2) is 13.7. The number of aliphatic imine (C=N–C) groups is 1. The van der Waals surface area contributed by atoms with Gasteiger partial charge in [-0.25, -0.2) is 4.99 Å². The summed E-state index contributed by atoms with van der Waals surface area (Å²) in [6.07, 6.45) is 8.21. The maximum atomic E-state index is 12.6. The van der Waals surface area contributed by atoms with E-state index >= 15 is 0 Å². The number of carbonyl (C=O) groups is 1. The number of nitrogens with zero attached hydrogens (tertiary/aromatic N) is 3. The molecule has 1 aromatic carbocycles. The van der Waals surface area contributed by atoms with Gasteiger partial charge in [-0.2, -0.15) is 0 Å². The third-order valence-electron chi connectivity index (χ3n) is 6.37. The highest BCUT2D eigenvalue weighted by molar-refractivity contribution is 14.0. The van der Waals surface area contributed by atoms with Crippen LogP contribution in [0.3, 0.4) is 0 Å². The third-order valence-corrected chi connectivity index (χ3v) is 6.37. The van der Waals surface area contributed by atoms with E-state index in [-0.39, 0.29) is 29.9 Å². The minimum absolute atomic E-state index is 0. The van der Waals surface area contributed by atoms with Gasteiger partial charge in [0, 0.05) is 50.4 Å². The molecular weight excluding hydrogens is 513 g/mol. The van der Waals surface area contributed by atoms with Crippen molar-refractivity contribution in [2.24, 2.45) is 10.9 Å². The normalized spacial score (nSPS) is 16.9. The summed E-state index contributed by atoms with van der Waals surface area (Å²) in [4.78, 5) is 21.8. The van der Waals surface area contributed by atoms with Crippen molar-refractivity contribution in [1.29, 1.82) is 0 Å². The molecule has 0 radical (unpaired) electrons. The van der Waals surface area contributed by atoms with E-state index in [1.54, 1.807) is 0 Å². The highest BCUT2D eigenvalue weighted by Gasteiger charge is 2.26. The van der Waals surface area contributed by atoms with Crippen LogP contribution in [0.5, 0.6) is 0 Å². The molecule has 2 aliphatic rings. The smallest absolute Gasteiger partial charge is 0.225 e. The molecule has 1 aromatic rings. The van der Waals surface area contributed by atoms with Crippen LogP contribution in [0.4, 0.5) is 5.69 Å². The Morgan fingerprint density at radius 2 is 1.69 bits per heavy atom. The maximum absolute atomic E-state index is 12.6. The molecule has 7 heteroatoms. The monoisotopic (exact) mass is 553 g/mol. The number of likely N-dealkylation sites (tertiary alicyclic amines) is 1. The van der Waals surface area contributed by atoms with Gasteiger partial charge < -0.3 is 20.4 Å². The number of anilines is 1. The fourth-order valence-corrected chi connectivity index (χ4v) is 4.33. The predicted octanol–water partition coefficient (Wildman–Crippen LogP) is 4.16. The van der Waals surface area contributed by atoms with Crippen molar-refractivity contribution < 1.29 is 4.79 Å². The van der Waals surface area contributed by atoms with Crippen molar-refractivity contribution in [3.63, 3.8) is 0 Å². The molecular formula is C25H40IN5O. The quantitative estimate of drug-likeness (QED) is 0.220. The fourth-order valence-electron chi connectivity index (χ4n) is 4.33. The van der Waals surface area contributed by atoms with E-state index in [0.717, 1.165) is 64.4 Å². The molecule has 2 heterocycles. The van der Waals surface area contributed by atoms with Crippen LogP contribution in [0, 0.1) is 5.92 Å². The van der Waals surface area contributed by atoms with E-state index in [9.17, 15) is 4.79 Å². The molecule has 0 spiro atoms. The summed E-state index contributed by atoms with van der Waals surface area (Å²) in [6, 6.07) is 9.06. The number of piperidine rings is 1. The van der Waals surface area contributed by atoms with Crippen molar-refractivity contribution in [1.82, 2.24) is 15.5 Å². The van der Waals surface area contributed by atoms with Crippen molar-refractivity contribution in [2.45, 2.75) is 59.0 Å². The van der Waals surface area contributed by atoms with Gasteiger partial charge in [-0.3, -0.25) is 4.79 Å². The third kappa shape index (κ3) is 7.39. The second-order valence-corrected chi connectivity index (χ2v) is 8.50. The summed E-state index contributed by atoms with van der Waals surface area (Å²) in [5.74, 6) is 1.37. The molecule has 1 amide bonds. The Balaban J connectivity index is 0.00000363. The molecule has 1 fully saturated rings. The van der Waals surface area contributed by atoms with Gasteiger partial charge in [0.1, 0.15) is 0 Å². The van der Waals surface area contributed by atoms with Crippen molar-refractivity contribution in [3.8, 4) is 0 Å². The molecule has 3 rings (SSSR count). The average molecular weight is 554 g/mol. The number of amides is 1. The van der Waals surface area contributed by atoms with Crippen LogP contribution in [0.2, 0.25) is 0 Å². The lowest BCUT2D eigenvalue weighted by Crippen LogP contribution is -2.50. The van der Waals surface area contributed by atoms with Crippen LogP contribution in [-0.2, 0) is 11.3 Å². The van der Waals surface area contributed by atoms with Crippen LogP contribution >= 0.6 is 24.0 Å². The zero-order valence-corrected chi connectivity index (χ0v) is 22.2. The molecule has 0 atom stereocenters. The van der Waals surface area contributed by atoms with E-state index < -0.39 is 0 Å². The number of nitrogens with one attached hydrogen (secondary N) is 2. The molecule has 0 aliphatic carbocycles. The summed E-state index contributed by atoms with van der Waals surface area (Å²) in [6.45, 7) is 11.4. The maximum Gasteiger partial charge on any atom is 0.225 e. The number of guanidine groups is 1. The van der Waals surface area contributed by atoms with E-state index in [1.165, 1.54) is 11.3 Å². The first-order valence-electron chi connectivity index (χ1n) is 12.0. The van der Waals surface area contributed by atoms with Gasteiger partial charge in [-0.1, -0.05) is 38.1 Å². The van der Waals surface area contributed by atoms with Gasteiger partial charge in [0.2, 0.25) is 5.91 Å². The fraction of sp³-hybridized carbons (Fsp3) is 0.600. The van der Waals surface area contributed by atoms with Gasteiger partial charge in [0.05, 0.1) is 6.54 Å². The Hall–Kier alpha value is -1.77. The summed E-state index contributed by atoms with van der Waals surface area (Å²) in [7, 11) is 0. The molecule has 0 bridgehead atoms.